The van der Waals surface area contributed by atoms with Gasteiger partial charge in [0.05, 0.1) is 4.88 Å². The van der Waals surface area contributed by atoms with Crippen LogP contribution in [0.3, 0.4) is 0 Å². The Balaban J connectivity index is 1.99. The van der Waals surface area contributed by atoms with E-state index < -0.39 is 11.7 Å². The van der Waals surface area contributed by atoms with Gasteiger partial charge < -0.3 is 0 Å². The van der Waals surface area contributed by atoms with E-state index in [1.54, 1.807) is 0 Å². The molecule has 0 saturated carbocycles. The molecule has 0 unspecified atom stereocenters. The summed E-state index contributed by atoms with van der Waals surface area (Å²) < 4.78 is 12.8. The van der Waals surface area contributed by atoms with Gasteiger partial charge in [0.15, 0.2) is 0 Å². The molecule has 1 aromatic heterocycles. The third-order valence-electron chi connectivity index (χ3n) is 3.37. The third-order valence-corrected chi connectivity index (χ3v) is 4.61. The molecule has 122 valence electrons. The Morgan fingerprint density at radius 1 is 1.09 bits per heavy atom. The lowest BCUT2D eigenvalue weighted by Crippen LogP contribution is -2.41. The molecular formula is C17H19FN2O2S. The van der Waals surface area contributed by atoms with Crippen molar-refractivity contribution in [1.82, 2.24) is 10.9 Å². The molecule has 0 aliphatic heterocycles. The number of carbonyl (C=O) groups is 2. The zero-order chi connectivity index (χ0) is 16.8. The number of nitrogens with one attached hydrogen (secondary N) is 2. The van der Waals surface area contributed by atoms with Gasteiger partial charge in [-0.25, -0.2) is 4.39 Å². The fourth-order valence-corrected chi connectivity index (χ4v) is 3.42. The van der Waals surface area contributed by atoms with Crippen LogP contribution in [0.4, 0.5) is 4.39 Å². The topological polar surface area (TPSA) is 58.2 Å². The first-order valence-corrected chi connectivity index (χ1v) is 8.34. The van der Waals surface area contributed by atoms with Gasteiger partial charge in [0.2, 0.25) is 0 Å². The second kappa shape index (κ2) is 7.87. The molecule has 2 rings (SSSR count). The van der Waals surface area contributed by atoms with Gasteiger partial charge in [-0.05, 0) is 48.7 Å². The van der Waals surface area contributed by atoms with E-state index in [1.807, 2.05) is 6.07 Å². The molecule has 0 atom stereocenters. The molecule has 0 aliphatic rings. The molecule has 4 nitrogen and oxygen atoms in total. The summed E-state index contributed by atoms with van der Waals surface area (Å²) in [4.78, 5) is 25.8. The van der Waals surface area contributed by atoms with Gasteiger partial charge in [0.1, 0.15) is 5.82 Å². The first kappa shape index (κ1) is 17.1. The van der Waals surface area contributed by atoms with Gasteiger partial charge in [-0.1, -0.05) is 20.3 Å². The molecule has 0 saturated heterocycles. The summed E-state index contributed by atoms with van der Waals surface area (Å²) in [5.74, 6) is -1.25. The predicted molar refractivity (Wildman–Crippen MR) is 89.0 cm³/mol. The van der Waals surface area contributed by atoms with Crippen molar-refractivity contribution in [2.45, 2.75) is 33.1 Å². The quantitative estimate of drug-likeness (QED) is 0.823. The van der Waals surface area contributed by atoms with Crippen molar-refractivity contribution in [1.29, 1.82) is 0 Å². The highest BCUT2D eigenvalue weighted by molar-refractivity contribution is 7.14. The predicted octanol–water partition coefficient (Wildman–Crippen LogP) is 3.48. The van der Waals surface area contributed by atoms with Crippen LogP contribution in [0.15, 0.2) is 30.3 Å². The van der Waals surface area contributed by atoms with Crippen molar-refractivity contribution in [3.05, 3.63) is 57.0 Å². The molecule has 0 aliphatic carbocycles. The van der Waals surface area contributed by atoms with Crippen LogP contribution in [0.25, 0.3) is 0 Å². The van der Waals surface area contributed by atoms with Crippen molar-refractivity contribution in [2.24, 2.45) is 0 Å². The van der Waals surface area contributed by atoms with Crippen LogP contribution in [0, 0.1) is 5.82 Å². The summed E-state index contributed by atoms with van der Waals surface area (Å²) in [6.07, 6.45) is 2.85. The van der Waals surface area contributed by atoms with E-state index in [2.05, 4.69) is 24.7 Å². The fraction of sp³-hybridized carbons (Fsp3) is 0.294. The number of hydrogen-bond donors (Lipinski definition) is 2. The van der Waals surface area contributed by atoms with Gasteiger partial charge >= 0.3 is 0 Å². The standard InChI is InChI=1S/C17H19FN2O2S/c1-3-5-14-11(4-2)10-15(23-14)17(22)20-19-16(21)12-6-8-13(18)9-7-12/h6-10H,3-5H2,1-2H3,(H,19,21)(H,20,22). The molecule has 0 radical (unpaired) electrons. The van der Waals surface area contributed by atoms with Crippen LogP contribution < -0.4 is 10.9 Å². The molecule has 23 heavy (non-hydrogen) atoms. The highest BCUT2D eigenvalue weighted by atomic mass is 32.1. The molecule has 2 amide bonds. The fourth-order valence-electron chi connectivity index (χ4n) is 2.16. The van der Waals surface area contributed by atoms with Gasteiger partial charge in [-0.3, -0.25) is 20.4 Å². The molecule has 0 spiro atoms. The van der Waals surface area contributed by atoms with Crippen LogP contribution in [0.2, 0.25) is 0 Å². The molecule has 2 N–H and O–H groups in total. The number of benzene rings is 1. The average Bonchev–Trinajstić information content (AvgIpc) is 2.96. The maximum Gasteiger partial charge on any atom is 0.279 e. The molecule has 0 fully saturated rings. The van der Waals surface area contributed by atoms with Crippen LogP contribution in [0.1, 0.15) is 50.7 Å². The van der Waals surface area contributed by atoms with Crippen molar-refractivity contribution >= 4 is 23.2 Å². The van der Waals surface area contributed by atoms with Crippen molar-refractivity contribution in [2.75, 3.05) is 0 Å². The third kappa shape index (κ3) is 4.39. The van der Waals surface area contributed by atoms with E-state index in [4.69, 9.17) is 0 Å². The zero-order valence-electron chi connectivity index (χ0n) is 13.1. The number of hydrogen-bond acceptors (Lipinski definition) is 3. The molecule has 0 bridgehead atoms. The number of amides is 2. The Hall–Kier alpha value is -2.21. The van der Waals surface area contributed by atoms with E-state index in [9.17, 15) is 14.0 Å². The molecule has 2 aromatic rings. The van der Waals surface area contributed by atoms with E-state index in [0.717, 1.165) is 19.3 Å². The monoisotopic (exact) mass is 334 g/mol. The Kier molecular flexibility index (Phi) is 5.87. The summed E-state index contributed by atoms with van der Waals surface area (Å²) in [5.41, 5.74) is 6.19. The maximum atomic E-state index is 12.8. The Morgan fingerprint density at radius 2 is 1.74 bits per heavy atom. The molecular weight excluding hydrogens is 315 g/mol. The molecule has 1 heterocycles. The summed E-state index contributed by atoms with van der Waals surface area (Å²) in [6.45, 7) is 4.15. The summed E-state index contributed by atoms with van der Waals surface area (Å²) in [7, 11) is 0. The van der Waals surface area contributed by atoms with E-state index in [0.29, 0.717) is 4.88 Å². The Bertz CT molecular complexity index is 695. The van der Waals surface area contributed by atoms with Crippen LogP contribution in [0.5, 0.6) is 0 Å². The Morgan fingerprint density at radius 3 is 2.35 bits per heavy atom. The van der Waals surface area contributed by atoms with Crippen LogP contribution in [-0.2, 0) is 12.8 Å². The van der Waals surface area contributed by atoms with Crippen molar-refractivity contribution < 1.29 is 14.0 Å². The van der Waals surface area contributed by atoms with E-state index in [1.165, 1.54) is 46.0 Å². The Labute approximate surface area is 138 Å². The summed E-state index contributed by atoms with van der Waals surface area (Å²) in [5, 5.41) is 0. The summed E-state index contributed by atoms with van der Waals surface area (Å²) in [6, 6.07) is 6.98. The molecule has 1 aromatic carbocycles. The highest BCUT2D eigenvalue weighted by Crippen LogP contribution is 2.24. The van der Waals surface area contributed by atoms with Crippen LogP contribution in [-0.4, -0.2) is 11.8 Å². The minimum atomic E-state index is -0.487. The first-order valence-electron chi connectivity index (χ1n) is 7.53. The van der Waals surface area contributed by atoms with Gasteiger partial charge in [-0.15, -0.1) is 11.3 Å². The van der Waals surface area contributed by atoms with Gasteiger partial charge in [0.25, 0.3) is 11.8 Å². The number of hydrazine groups is 1. The normalized spacial score (nSPS) is 10.4. The first-order chi connectivity index (χ1) is 11.0. The van der Waals surface area contributed by atoms with Crippen LogP contribution >= 0.6 is 11.3 Å². The van der Waals surface area contributed by atoms with E-state index in [-0.39, 0.29) is 11.5 Å². The zero-order valence-corrected chi connectivity index (χ0v) is 13.9. The smallest absolute Gasteiger partial charge is 0.267 e. The number of aryl methyl sites for hydroxylation is 2. The van der Waals surface area contributed by atoms with Gasteiger partial charge in [0, 0.05) is 10.4 Å². The van der Waals surface area contributed by atoms with Gasteiger partial charge in [-0.2, -0.15) is 0 Å². The largest absolute Gasteiger partial charge is 0.279 e. The maximum absolute atomic E-state index is 12.8. The average molecular weight is 334 g/mol. The summed E-state index contributed by atoms with van der Waals surface area (Å²) >= 11 is 1.45. The minimum absolute atomic E-state index is 0.277. The molecule has 6 heteroatoms. The van der Waals surface area contributed by atoms with E-state index >= 15 is 0 Å². The number of halogens is 1. The second-order valence-electron chi connectivity index (χ2n) is 5.08. The lowest BCUT2D eigenvalue weighted by Gasteiger charge is -2.06. The van der Waals surface area contributed by atoms with Crippen molar-refractivity contribution in [3.8, 4) is 0 Å². The SMILES string of the molecule is CCCc1sc(C(=O)NNC(=O)c2ccc(F)cc2)cc1CC. The number of rotatable bonds is 5. The second-order valence-corrected chi connectivity index (χ2v) is 6.21. The number of thiophene rings is 1. The minimum Gasteiger partial charge on any atom is -0.267 e. The lowest BCUT2D eigenvalue weighted by molar-refractivity contribution is 0.0849. The highest BCUT2D eigenvalue weighted by Gasteiger charge is 2.14. The van der Waals surface area contributed by atoms with Crippen molar-refractivity contribution in [3.63, 3.8) is 0 Å². The number of carbonyl (C=O) groups excluding carboxylic acids is 2. The lowest BCUT2D eigenvalue weighted by atomic mass is 10.1.